The molecule has 0 aliphatic carbocycles. The third kappa shape index (κ3) is 5.01. The molecule has 2 saturated heterocycles. The summed E-state index contributed by atoms with van der Waals surface area (Å²) in [7, 11) is -3.65. The molecule has 1 N–H and O–H groups in total. The van der Waals surface area contributed by atoms with Crippen LogP contribution in [0.15, 0.2) is 40.6 Å². The van der Waals surface area contributed by atoms with Gasteiger partial charge in [0.1, 0.15) is 0 Å². The monoisotopic (exact) mass is 463 g/mol. The molecule has 0 radical (unpaired) electrons. The predicted octanol–water partition coefficient (Wildman–Crippen LogP) is 2.64. The lowest BCUT2D eigenvalue weighted by molar-refractivity contribution is 0.0730. The highest BCUT2D eigenvalue weighted by Gasteiger charge is 2.28. The van der Waals surface area contributed by atoms with Gasteiger partial charge < -0.3 is 10.1 Å². The predicted molar refractivity (Wildman–Crippen MR) is 121 cm³/mol. The zero-order valence-corrected chi connectivity index (χ0v) is 19.4. The Bertz CT molecular complexity index is 996. The number of sulfonamides is 1. The number of likely N-dealkylation sites (tertiary alicyclic amines) is 1. The van der Waals surface area contributed by atoms with Crippen molar-refractivity contribution in [2.24, 2.45) is 0 Å². The number of nitrogens with zero attached hydrogens (tertiary/aromatic N) is 2. The summed E-state index contributed by atoms with van der Waals surface area (Å²) in [5.41, 5.74) is 1.16. The van der Waals surface area contributed by atoms with E-state index in [-0.39, 0.29) is 16.8 Å². The average molecular weight is 464 g/mol. The number of hydrogen-bond acceptors (Lipinski definition) is 6. The van der Waals surface area contributed by atoms with Gasteiger partial charge in [0.2, 0.25) is 10.0 Å². The maximum absolute atomic E-state index is 13.1. The topological polar surface area (TPSA) is 78.9 Å². The first-order valence-corrected chi connectivity index (χ1v) is 13.0. The van der Waals surface area contributed by atoms with E-state index in [2.05, 4.69) is 21.7 Å². The molecule has 0 spiro atoms. The van der Waals surface area contributed by atoms with Gasteiger partial charge in [-0.25, -0.2) is 8.42 Å². The van der Waals surface area contributed by atoms with E-state index in [0.29, 0.717) is 38.4 Å². The molecule has 2 aliphatic heterocycles. The van der Waals surface area contributed by atoms with Crippen molar-refractivity contribution in [1.82, 2.24) is 14.5 Å². The molecule has 0 unspecified atom stereocenters. The maximum atomic E-state index is 13.1. The van der Waals surface area contributed by atoms with E-state index in [1.165, 1.54) is 28.1 Å². The molecular weight excluding hydrogens is 434 g/mol. The largest absolute Gasteiger partial charge is 0.379 e. The Hall–Kier alpha value is -1.78. The molecule has 1 aromatic carbocycles. The highest BCUT2D eigenvalue weighted by Crippen LogP contribution is 2.28. The van der Waals surface area contributed by atoms with Crippen molar-refractivity contribution in [3.63, 3.8) is 0 Å². The lowest BCUT2D eigenvalue weighted by Crippen LogP contribution is -2.40. The molecular formula is C22H29N3O4S2. The van der Waals surface area contributed by atoms with E-state index in [0.717, 1.165) is 18.7 Å². The summed E-state index contributed by atoms with van der Waals surface area (Å²) < 4.78 is 32.7. The highest BCUT2D eigenvalue weighted by atomic mass is 32.2. The maximum Gasteiger partial charge on any atom is 0.251 e. The molecule has 1 atom stereocenters. The molecule has 3 heterocycles. The van der Waals surface area contributed by atoms with Crippen LogP contribution in [0.2, 0.25) is 0 Å². The second-order valence-corrected chi connectivity index (χ2v) is 10.9. The number of amides is 1. The molecule has 0 saturated carbocycles. The number of thiophene rings is 1. The number of morpholine rings is 1. The third-order valence-electron chi connectivity index (χ3n) is 5.97. The van der Waals surface area contributed by atoms with Gasteiger partial charge in [0.25, 0.3) is 5.91 Å². The van der Waals surface area contributed by atoms with Gasteiger partial charge in [-0.15, -0.1) is 11.3 Å². The minimum absolute atomic E-state index is 0.145. The Morgan fingerprint density at radius 2 is 1.90 bits per heavy atom. The van der Waals surface area contributed by atoms with Gasteiger partial charge in [-0.05, 0) is 62.0 Å². The quantitative estimate of drug-likeness (QED) is 0.683. The number of aryl methyl sites for hydroxylation is 1. The summed E-state index contributed by atoms with van der Waals surface area (Å²) in [5.74, 6) is -0.239. The second-order valence-electron chi connectivity index (χ2n) is 7.98. The van der Waals surface area contributed by atoms with Crippen LogP contribution in [0.5, 0.6) is 0 Å². The van der Waals surface area contributed by atoms with Gasteiger partial charge in [0.05, 0.1) is 24.2 Å². The minimum atomic E-state index is -3.65. The van der Waals surface area contributed by atoms with Crippen LogP contribution in [0.4, 0.5) is 0 Å². The lowest BCUT2D eigenvalue weighted by Gasteiger charge is -2.27. The Labute approximate surface area is 188 Å². The number of carbonyl (C=O) groups is 1. The molecule has 4 rings (SSSR count). The SMILES string of the molecule is Cc1ccc(S(=O)(=O)N2CCOCC2)cc1C(=O)NC[C@H](c1cccs1)N1CCCC1. The van der Waals surface area contributed by atoms with Crippen LogP contribution < -0.4 is 5.32 Å². The van der Waals surface area contributed by atoms with Crippen LogP contribution in [-0.2, 0) is 14.8 Å². The van der Waals surface area contributed by atoms with Crippen LogP contribution in [0.25, 0.3) is 0 Å². The van der Waals surface area contributed by atoms with Gasteiger partial charge in [-0.1, -0.05) is 12.1 Å². The summed E-state index contributed by atoms with van der Waals surface area (Å²) in [5, 5.41) is 5.12. The zero-order valence-electron chi connectivity index (χ0n) is 17.7. The fourth-order valence-corrected chi connectivity index (χ4v) is 6.47. The molecule has 1 aromatic heterocycles. The van der Waals surface area contributed by atoms with Crippen LogP contribution in [0.3, 0.4) is 0 Å². The summed E-state index contributed by atoms with van der Waals surface area (Å²) in [6, 6.07) is 9.09. The van der Waals surface area contributed by atoms with E-state index in [4.69, 9.17) is 4.74 Å². The number of benzene rings is 1. The smallest absolute Gasteiger partial charge is 0.251 e. The van der Waals surface area contributed by atoms with Crippen molar-refractivity contribution < 1.29 is 17.9 Å². The summed E-state index contributed by atoms with van der Waals surface area (Å²) >= 11 is 1.70. The minimum Gasteiger partial charge on any atom is -0.379 e. The van der Waals surface area contributed by atoms with Crippen molar-refractivity contribution in [2.75, 3.05) is 45.9 Å². The average Bonchev–Trinajstić information content (AvgIpc) is 3.50. The fourth-order valence-electron chi connectivity index (χ4n) is 4.17. The number of hydrogen-bond donors (Lipinski definition) is 1. The molecule has 0 bridgehead atoms. The van der Waals surface area contributed by atoms with Crippen molar-refractivity contribution >= 4 is 27.3 Å². The summed E-state index contributed by atoms with van der Waals surface area (Å²) in [4.78, 5) is 16.9. The number of rotatable bonds is 7. The Balaban J connectivity index is 1.51. The van der Waals surface area contributed by atoms with Crippen molar-refractivity contribution in [1.29, 1.82) is 0 Å². The van der Waals surface area contributed by atoms with Gasteiger partial charge in [-0.3, -0.25) is 9.69 Å². The first-order chi connectivity index (χ1) is 15.0. The van der Waals surface area contributed by atoms with E-state index in [1.54, 1.807) is 23.5 Å². The molecule has 7 nitrogen and oxygen atoms in total. The first kappa shape index (κ1) is 22.4. The van der Waals surface area contributed by atoms with Gasteiger partial charge in [-0.2, -0.15) is 4.31 Å². The van der Waals surface area contributed by atoms with Crippen LogP contribution in [0.1, 0.15) is 39.7 Å². The Kier molecular flexibility index (Phi) is 7.08. The standard InChI is InChI=1S/C22H29N3O4S2/c1-17-6-7-18(31(27,28)25-10-12-29-13-11-25)15-19(17)22(26)23-16-20(21-5-4-14-30-21)24-8-2-3-9-24/h4-7,14-15,20H,2-3,8-13,16H2,1H3,(H,23,26)/t20-/m1/s1. The van der Waals surface area contributed by atoms with E-state index in [9.17, 15) is 13.2 Å². The van der Waals surface area contributed by atoms with Crippen molar-refractivity contribution in [3.05, 3.63) is 51.7 Å². The zero-order chi connectivity index (χ0) is 21.8. The Morgan fingerprint density at radius 1 is 1.16 bits per heavy atom. The normalized spacial score (nSPS) is 19.4. The first-order valence-electron chi connectivity index (χ1n) is 10.7. The molecule has 31 heavy (non-hydrogen) atoms. The van der Waals surface area contributed by atoms with Gasteiger partial charge in [0, 0.05) is 30.1 Å². The van der Waals surface area contributed by atoms with E-state index < -0.39 is 10.0 Å². The molecule has 9 heteroatoms. The number of ether oxygens (including phenoxy) is 1. The Morgan fingerprint density at radius 3 is 2.58 bits per heavy atom. The van der Waals surface area contributed by atoms with Crippen LogP contribution >= 0.6 is 11.3 Å². The molecule has 2 aromatic rings. The number of carbonyl (C=O) groups excluding carboxylic acids is 1. The molecule has 2 fully saturated rings. The van der Waals surface area contributed by atoms with Gasteiger partial charge in [0.15, 0.2) is 0 Å². The highest BCUT2D eigenvalue weighted by molar-refractivity contribution is 7.89. The van der Waals surface area contributed by atoms with Crippen molar-refractivity contribution in [2.45, 2.75) is 30.7 Å². The third-order valence-corrected chi connectivity index (χ3v) is 8.84. The van der Waals surface area contributed by atoms with Crippen LogP contribution in [0, 0.1) is 6.92 Å². The summed E-state index contributed by atoms with van der Waals surface area (Å²) in [6.45, 7) is 5.83. The van der Waals surface area contributed by atoms with E-state index >= 15 is 0 Å². The van der Waals surface area contributed by atoms with Crippen LogP contribution in [-0.4, -0.2) is 69.5 Å². The van der Waals surface area contributed by atoms with E-state index in [1.807, 2.05) is 13.0 Å². The molecule has 168 valence electrons. The number of nitrogens with one attached hydrogen (secondary N) is 1. The molecule has 1 amide bonds. The second kappa shape index (κ2) is 9.79. The molecule has 2 aliphatic rings. The lowest BCUT2D eigenvalue weighted by atomic mass is 10.1. The van der Waals surface area contributed by atoms with Gasteiger partial charge >= 0.3 is 0 Å². The van der Waals surface area contributed by atoms with Crippen molar-refractivity contribution in [3.8, 4) is 0 Å². The summed E-state index contributed by atoms with van der Waals surface area (Å²) in [6.07, 6.45) is 2.35. The fraction of sp³-hybridized carbons (Fsp3) is 0.500.